The van der Waals surface area contributed by atoms with Crippen molar-refractivity contribution >= 4 is 0 Å². The number of benzene rings is 1. The van der Waals surface area contributed by atoms with Crippen molar-refractivity contribution in [3.8, 4) is 5.69 Å². The van der Waals surface area contributed by atoms with Crippen LogP contribution in [0.3, 0.4) is 0 Å². The molecule has 2 heterocycles. The highest BCUT2D eigenvalue weighted by molar-refractivity contribution is 5.30. The topological polar surface area (TPSA) is 72.9 Å². The van der Waals surface area contributed by atoms with E-state index < -0.39 is 0 Å². The molecule has 1 fully saturated rings. The highest BCUT2D eigenvalue weighted by Crippen LogP contribution is 2.21. The smallest absolute Gasteiger partial charge is 0.170 e. The van der Waals surface area contributed by atoms with Crippen molar-refractivity contribution in [1.29, 1.82) is 0 Å². The lowest BCUT2D eigenvalue weighted by molar-refractivity contribution is 0.129. The Labute approximate surface area is 124 Å². The first-order chi connectivity index (χ1) is 10.4. The number of hydrogen-bond acceptors (Lipinski definition) is 5. The zero-order chi connectivity index (χ0) is 14.5. The standard InChI is InChI=1S/C15H22N6/c16-10-9-13-6-4-5-11-20(13)12-15-17-18-19-21(15)14-7-2-1-3-8-14/h1-3,7-8,13H,4-6,9-12,16H2. The van der Waals surface area contributed by atoms with Crippen molar-refractivity contribution in [2.75, 3.05) is 13.1 Å². The molecule has 2 N–H and O–H groups in total. The molecule has 1 aromatic heterocycles. The number of nitrogens with two attached hydrogens (primary N) is 1. The summed E-state index contributed by atoms with van der Waals surface area (Å²) in [6, 6.07) is 10.6. The molecular formula is C15H22N6. The highest BCUT2D eigenvalue weighted by Gasteiger charge is 2.23. The first kappa shape index (κ1) is 14.2. The number of tetrazole rings is 1. The largest absolute Gasteiger partial charge is 0.330 e. The Hall–Kier alpha value is -1.79. The van der Waals surface area contributed by atoms with Crippen LogP contribution in [0.15, 0.2) is 30.3 Å². The van der Waals surface area contributed by atoms with Crippen LogP contribution in [0.1, 0.15) is 31.5 Å². The molecule has 6 heteroatoms. The number of hydrogen-bond donors (Lipinski definition) is 1. The maximum atomic E-state index is 5.74. The van der Waals surface area contributed by atoms with Crippen molar-refractivity contribution < 1.29 is 0 Å². The number of aromatic nitrogens is 4. The van der Waals surface area contributed by atoms with Gasteiger partial charge in [0.15, 0.2) is 5.82 Å². The molecule has 0 saturated carbocycles. The third-order valence-corrected chi connectivity index (χ3v) is 4.13. The van der Waals surface area contributed by atoms with Crippen LogP contribution in [-0.4, -0.2) is 44.2 Å². The monoisotopic (exact) mass is 286 g/mol. The van der Waals surface area contributed by atoms with E-state index in [4.69, 9.17) is 5.73 Å². The molecule has 1 aliphatic heterocycles. The maximum Gasteiger partial charge on any atom is 0.170 e. The van der Waals surface area contributed by atoms with Gasteiger partial charge < -0.3 is 5.73 Å². The Morgan fingerprint density at radius 3 is 2.86 bits per heavy atom. The number of piperidine rings is 1. The summed E-state index contributed by atoms with van der Waals surface area (Å²) in [6.45, 7) is 2.63. The van der Waals surface area contributed by atoms with Crippen LogP contribution in [-0.2, 0) is 6.54 Å². The molecule has 2 aromatic rings. The van der Waals surface area contributed by atoms with E-state index in [-0.39, 0.29) is 0 Å². The normalized spacial score (nSPS) is 19.8. The van der Waals surface area contributed by atoms with Gasteiger partial charge in [-0.25, -0.2) is 0 Å². The molecule has 0 amide bonds. The molecule has 0 bridgehead atoms. The van der Waals surface area contributed by atoms with Gasteiger partial charge in [0.05, 0.1) is 12.2 Å². The minimum Gasteiger partial charge on any atom is -0.330 e. The molecule has 1 aromatic carbocycles. The Balaban J connectivity index is 1.77. The van der Waals surface area contributed by atoms with Crippen LogP contribution >= 0.6 is 0 Å². The van der Waals surface area contributed by atoms with E-state index in [1.807, 2.05) is 35.0 Å². The average molecular weight is 286 g/mol. The number of likely N-dealkylation sites (tertiary alicyclic amines) is 1. The predicted molar refractivity (Wildman–Crippen MR) is 80.9 cm³/mol. The lowest BCUT2D eigenvalue weighted by Crippen LogP contribution is -2.40. The van der Waals surface area contributed by atoms with Gasteiger partial charge in [0.2, 0.25) is 0 Å². The molecule has 0 spiro atoms. The van der Waals surface area contributed by atoms with Crippen LogP contribution in [0.2, 0.25) is 0 Å². The van der Waals surface area contributed by atoms with E-state index in [0.29, 0.717) is 6.04 Å². The summed E-state index contributed by atoms with van der Waals surface area (Å²) in [5.74, 6) is 0.894. The van der Waals surface area contributed by atoms with E-state index in [2.05, 4.69) is 20.4 Å². The number of para-hydroxylation sites is 1. The van der Waals surface area contributed by atoms with Gasteiger partial charge >= 0.3 is 0 Å². The summed E-state index contributed by atoms with van der Waals surface area (Å²) < 4.78 is 1.83. The SMILES string of the molecule is NCCC1CCCCN1Cc1nnnn1-c1ccccc1. The van der Waals surface area contributed by atoms with Crippen LogP contribution in [0, 0.1) is 0 Å². The quantitative estimate of drug-likeness (QED) is 0.898. The van der Waals surface area contributed by atoms with Crippen LogP contribution in [0.5, 0.6) is 0 Å². The lowest BCUT2D eigenvalue weighted by Gasteiger charge is -2.35. The summed E-state index contributed by atoms with van der Waals surface area (Å²) in [6.07, 6.45) is 4.82. The predicted octanol–water partition coefficient (Wildman–Crippen LogP) is 1.37. The summed E-state index contributed by atoms with van der Waals surface area (Å²) in [4.78, 5) is 2.47. The summed E-state index contributed by atoms with van der Waals surface area (Å²) in [7, 11) is 0. The fourth-order valence-corrected chi connectivity index (χ4v) is 3.04. The Bertz CT molecular complexity index is 550. The maximum absolute atomic E-state index is 5.74. The van der Waals surface area contributed by atoms with E-state index in [1.165, 1.54) is 19.3 Å². The molecule has 1 unspecified atom stereocenters. The second-order valence-electron chi connectivity index (χ2n) is 5.54. The van der Waals surface area contributed by atoms with Gasteiger partial charge in [-0.1, -0.05) is 24.6 Å². The van der Waals surface area contributed by atoms with Gasteiger partial charge in [-0.3, -0.25) is 4.90 Å². The van der Waals surface area contributed by atoms with Crippen LogP contribution in [0.25, 0.3) is 5.69 Å². The first-order valence-corrected chi connectivity index (χ1v) is 7.65. The van der Waals surface area contributed by atoms with Crippen molar-refractivity contribution in [3.05, 3.63) is 36.2 Å². The van der Waals surface area contributed by atoms with Gasteiger partial charge in [-0.2, -0.15) is 4.68 Å². The van der Waals surface area contributed by atoms with Crippen LogP contribution in [0.4, 0.5) is 0 Å². The molecule has 1 atom stereocenters. The average Bonchev–Trinajstić information content (AvgIpc) is 2.99. The first-order valence-electron chi connectivity index (χ1n) is 7.65. The summed E-state index contributed by atoms with van der Waals surface area (Å²) >= 11 is 0. The molecule has 6 nitrogen and oxygen atoms in total. The van der Waals surface area contributed by atoms with Gasteiger partial charge in [0, 0.05) is 6.04 Å². The molecule has 21 heavy (non-hydrogen) atoms. The molecule has 0 aliphatic carbocycles. The van der Waals surface area contributed by atoms with E-state index in [0.717, 1.165) is 37.6 Å². The zero-order valence-corrected chi connectivity index (χ0v) is 12.2. The zero-order valence-electron chi connectivity index (χ0n) is 12.2. The molecular weight excluding hydrogens is 264 g/mol. The molecule has 1 aliphatic rings. The van der Waals surface area contributed by atoms with E-state index in [9.17, 15) is 0 Å². The fourth-order valence-electron chi connectivity index (χ4n) is 3.04. The Morgan fingerprint density at radius 2 is 2.05 bits per heavy atom. The summed E-state index contributed by atoms with van der Waals surface area (Å²) in [5, 5.41) is 12.2. The minimum atomic E-state index is 0.560. The van der Waals surface area contributed by atoms with Crippen LogP contribution < -0.4 is 5.73 Å². The van der Waals surface area contributed by atoms with Crippen molar-refractivity contribution in [2.24, 2.45) is 5.73 Å². The second-order valence-corrected chi connectivity index (χ2v) is 5.54. The molecule has 112 valence electrons. The van der Waals surface area contributed by atoms with Gasteiger partial charge in [-0.15, -0.1) is 5.10 Å². The third-order valence-electron chi connectivity index (χ3n) is 4.13. The van der Waals surface area contributed by atoms with E-state index >= 15 is 0 Å². The number of nitrogens with zero attached hydrogens (tertiary/aromatic N) is 5. The summed E-state index contributed by atoms with van der Waals surface area (Å²) in [5.41, 5.74) is 6.75. The molecule has 3 rings (SSSR count). The fraction of sp³-hybridized carbons (Fsp3) is 0.533. The molecule has 0 radical (unpaired) electrons. The molecule has 1 saturated heterocycles. The third kappa shape index (κ3) is 3.28. The second kappa shape index (κ2) is 6.78. The van der Waals surface area contributed by atoms with Gasteiger partial charge in [-0.05, 0) is 54.9 Å². The minimum absolute atomic E-state index is 0.560. The van der Waals surface area contributed by atoms with Gasteiger partial charge in [0.25, 0.3) is 0 Å². The Morgan fingerprint density at radius 1 is 1.19 bits per heavy atom. The number of rotatable bonds is 5. The van der Waals surface area contributed by atoms with Crippen molar-refractivity contribution in [1.82, 2.24) is 25.1 Å². The Kier molecular flexibility index (Phi) is 4.57. The van der Waals surface area contributed by atoms with Crippen molar-refractivity contribution in [3.63, 3.8) is 0 Å². The van der Waals surface area contributed by atoms with Gasteiger partial charge in [0.1, 0.15) is 0 Å². The lowest BCUT2D eigenvalue weighted by atomic mass is 9.99. The highest BCUT2D eigenvalue weighted by atomic mass is 15.5. The van der Waals surface area contributed by atoms with E-state index in [1.54, 1.807) is 0 Å². The van der Waals surface area contributed by atoms with Crippen molar-refractivity contribution in [2.45, 2.75) is 38.3 Å².